The molecule has 0 aromatic heterocycles. The Morgan fingerprint density at radius 2 is 2.00 bits per heavy atom. The van der Waals surface area contributed by atoms with Gasteiger partial charge in [0.1, 0.15) is 0 Å². The van der Waals surface area contributed by atoms with Gasteiger partial charge in [-0.1, -0.05) is 17.7 Å². The van der Waals surface area contributed by atoms with Gasteiger partial charge >= 0.3 is 0 Å². The van der Waals surface area contributed by atoms with Crippen molar-refractivity contribution in [1.29, 1.82) is 0 Å². The van der Waals surface area contributed by atoms with Gasteiger partial charge in [-0.3, -0.25) is 4.79 Å². The van der Waals surface area contributed by atoms with Gasteiger partial charge in [0, 0.05) is 11.2 Å². The molecule has 15 heavy (non-hydrogen) atoms. The van der Waals surface area contributed by atoms with Gasteiger partial charge in [-0.15, -0.1) is 0 Å². The van der Waals surface area contributed by atoms with E-state index in [1.165, 1.54) is 0 Å². The van der Waals surface area contributed by atoms with Gasteiger partial charge in [-0.2, -0.15) is 0 Å². The molecule has 0 aliphatic rings. The van der Waals surface area contributed by atoms with Crippen LogP contribution in [0.3, 0.4) is 0 Å². The first kappa shape index (κ1) is 11.9. The lowest BCUT2D eigenvalue weighted by molar-refractivity contribution is 0.100. The molecule has 0 heterocycles. The predicted molar refractivity (Wildman–Crippen MR) is 63.3 cm³/mol. The minimum atomic E-state index is -0.521. The largest absolute Gasteiger partial charge is 0.380 e. The Kier molecular flexibility index (Phi) is 3.25. The molecule has 82 valence electrons. The molecule has 0 atom stereocenters. The summed E-state index contributed by atoms with van der Waals surface area (Å²) in [5, 5.41) is 3.56. The van der Waals surface area contributed by atoms with E-state index in [0.717, 1.165) is 0 Å². The van der Waals surface area contributed by atoms with Crippen molar-refractivity contribution < 1.29 is 4.79 Å². The van der Waals surface area contributed by atoms with Gasteiger partial charge in [0.25, 0.3) is 5.91 Å². The number of hydrogen-bond acceptors (Lipinski definition) is 2. The van der Waals surface area contributed by atoms with E-state index >= 15 is 0 Å². The molecular formula is C11H15ClN2O. The molecule has 0 aliphatic heterocycles. The third-order valence-electron chi connectivity index (χ3n) is 1.77. The van der Waals surface area contributed by atoms with E-state index in [2.05, 4.69) is 5.32 Å². The van der Waals surface area contributed by atoms with E-state index in [1.54, 1.807) is 18.2 Å². The number of amides is 1. The number of benzene rings is 1. The zero-order valence-electron chi connectivity index (χ0n) is 9.10. The van der Waals surface area contributed by atoms with Crippen molar-refractivity contribution in [2.75, 3.05) is 5.32 Å². The van der Waals surface area contributed by atoms with Crippen LogP contribution in [-0.4, -0.2) is 11.4 Å². The van der Waals surface area contributed by atoms with Crippen LogP contribution in [0.4, 0.5) is 5.69 Å². The van der Waals surface area contributed by atoms with Crippen molar-refractivity contribution in [3.63, 3.8) is 0 Å². The quantitative estimate of drug-likeness (QED) is 0.815. The standard InChI is InChI=1S/C11H15ClN2O/c1-11(2,3)14-8-6-4-5-7(12)9(8)10(13)15/h4-6,14H,1-3H3,(H2,13,15). The van der Waals surface area contributed by atoms with Crippen LogP contribution < -0.4 is 11.1 Å². The maximum Gasteiger partial charge on any atom is 0.252 e. The maximum atomic E-state index is 11.2. The van der Waals surface area contributed by atoms with Crippen LogP contribution in [-0.2, 0) is 0 Å². The van der Waals surface area contributed by atoms with E-state index in [-0.39, 0.29) is 5.54 Å². The van der Waals surface area contributed by atoms with Crippen LogP contribution in [0, 0.1) is 0 Å². The van der Waals surface area contributed by atoms with Crippen LogP contribution in [0.5, 0.6) is 0 Å². The number of rotatable bonds is 2. The number of carbonyl (C=O) groups excluding carboxylic acids is 1. The Labute approximate surface area is 94.6 Å². The topological polar surface area (TPSA) is 55.1 Å². The number of anilines is 1. The highest BCUT2D eigenvalue weighted by molar-refractivity contribution is 6.34. The fourth-order valence-corrected chi connectivity index (χ4v) is 1.55. The number of halogens is 1. The van der Waals surface area contributed by atoms with E-state index in [4.69, 9.17) is 17.3 Å². The van der Waals surface area contributed by atoms with Crippen molar-refractivity contribution in [2.24, 2.45) is 5.73 Å². The summed E-state index contributed by atoms with van der Waals surface area (Å²) in [5.41, 5.74) is 6.14. The average molecular weight is 227 g/mol. The SMILES string of the molecule is CC(C)(C)Nc1cccc(Cl)c1C(N)=O. The lowest BCUT2D eigenvalue weighted by Gasteiger charge is -2.23. The van der Waals surface area contributed by atoms with E-state index < -0.39 is 5.91 Å². The first-order valence-corrected chi connectivity index (χ1v) is 5.05. The molecule has 1 rings (SSSR count). The Morgan fingerprint density at radius 1 is 1.40 bits per heavy atom. The molecular weight excluding hydrogens is 212 g/mol. The van der Waals surface area contributed by atoms with Crippen LogP contribution in [0.15, 0.2) is 18.2 Å². The lowest BCUT2D eigenvalue weighted by atomic mass is 10.1. The van der Waals surface area contributed by atoms with Crippen molar-refractivity contribution >= 4 is 23.2 Å². The molecule has 1 aromatic rings. The molecule has 0 saturated heterocycles. The van der Waals surface area contributed by atoms with Gasteiger partial charge in [0.15, 0.2) is 0 Å². The third kappa shape index (κ3) is 3.13. The second-order valence-corrected chi connectivity index (χ2v) is 4.81. The first-order chi connectivity index (χ1) is 6.81. The van der Waals surface area contributed by atoms with Crippen molar-refractivity contribution in [3.05, 3.63) is 28.8 Å². The minimum absolute atomic E-state index is 0.144. The van der Waals surface area contributed by atoms with Crippen molar-refractivity contribution in [1.82, 2.24) is 0 Å². The molecule has 1 amide bonds. The van der Waals surface area contributed by atoms with Crippen molar-refractivity contribution in [2.45, 2.75) is 26.3 Å². The summed E-state index contributed by atoms with van der Waals surface area (Å²) in [6.45, 7) is 6.00. The van der Waals surface area contributed by atoms with Gasteiger partial charge in [-0.25, -0.2) is 0 Å². The fourth-order valence-electron chi connectivity index (χ4n) is 1.28. The van der Waals surface area contributed by atoms with Gasteiger partial charge < -0.3 is 11.1 Å². The Bertz CT molecular complexity index is 383. The maximum absolute atomic E-state index is 11.2. The normalized spacial score (nSPS) is 11.2. The third-order valence-corrected chi connectivity index (χ3v) is 2.08. The highest BCUT2D eigenvalue weighted by Crippen LogP contribution is 2.26. The summed E-state index contributed by atoms with van der Waals surface area (Å²) in [6, 6.07) is 5.22. The molecule has 0 bridgehead atoms. The number of nitrogens with two attached hydrogens (primary N) is 1. The minimum Gasteiger partial charge on any atom is -0.380 e. The van der Waals surface area contributed by atoms with E-state index in [1.807, 2.05) is 20.8 Å². The zero-order chi connectivity index (χ0) is 11.6. The van der Waals surface area contributed by atoms with Crippen LogP contribution in [0.25, 0.3) is 0 Å². The summed E-state index contributed by atoms with van der Waals surface area (Å²) < 4.78 is 0. The second-order valence-electron chi connectivity index (χ2n) is 4.40. The summed E-state index contributed by atoms with van der Waals surface area (Å²) >= 11 is 5.91. The number of hydrogen-bond donors (Lipinski definition) is 2. The molecule has 0 saturated carbocycles. The van der Waals surface area contributed by atoms with Crippen LogP contribution in [0.2, 0.25) is 5.02 Å². The van der Waals surface area contributed by atoms with E-state index in [0.29, 0.717) is 16.3 Å². The summed E-state index contributed by atoms with van der Waals surface area (Å²) in [5.74, 6) is -0.521. The van der Waals surface area contributed by atoms with Crippen LogP contribution >= 0.6 is 11.6 Å². The smallest absolute Gasteiger partial charge is 0.252 e. The molecule has 0 fully saturated rings. The molecule has 3 nitrogen and oxygen atoms in total. The lowest BCUT2D eigenvalue weighted by Crippen LogP contribution is -2.28. The van der Waals surface area contributed by atoms with Gasteiger partial charge in [-0.05, 0) is 32.9 Å². The average Bonchev–Trinajstić information content (AvgIpc) is 1.99. The monoisotopic (exact) mass is 226 g/mol. The van der Waals surface area contributed by atoms with E-state index in [9.17, 15) is 4.79 Å². The van der Waals surface area contributed by atoms with Gasteiger partial charge in [0.05, 0.1) is 10.6 Å². The Morgan fingerprint density at radius 3 is 2.47 bits per heavy atom. The summed E-state index contributed by atoms with van der Waals surface area (Å²) in [6.07, 6.45) is 0. The highest BCUT2D eigenvalue weighted by atomic mass is 35.5. The summed E-state index contributed by atoms with van der Waals surface area (Å²) in [4.78, 5) is 11.2. The molecule has 1 aromatic carbocycles. The molecule has 4 heteroatoms. The fraction of sp³-hybridized carbons (Fsp3) is 0.364. The molecule has 0 radical (unpaired) electrons. The molecule has 0 spiro atoms. The first-order valence-electron chi connectivity index (χ1n) is 4.68. The predicted octanol–water partition coefficient (Wildman–Crippen LogP) is 2.65. The molecule has 3 N–H and O–H groups in total. The van der Waals surface area contributed by atoms with Gasteiger partial charge in [0.2, 0.25) is 0 Å². The zero-order valence-corrected chi connectivity index (χ0v) is 9.85. The molecule has 0 unspecified atom stereocenters. The summed E-state index contributed by atoms with van der Waals surface area (Å²) in [7, 11) is 0. The number of carbonyl (C=O) groups is 1. The Hall–Kier alpha value is -1.22. The second kappa shape index (κ2) is 4.11. The highest BCUT2D eigenvalue weighted by Gasteiger charge is 2.16. The van der Waals surface area contributed by atoms with Crippen LogP contribution in [0.1, 0.15) is 31.1 Å². The van der Waals surface area contributed by atoms with Crippen molar-refractivity contribution in [3.8, 4) is 0 Å². The number of primary amides is 1. The Balaban J connectivity index is 3.18. The number of nitrogens with one attached hydrogen (secondary N) is 1. The molecule has 0 aliphatic carbocycles.